The number of pyridine rings is 1. The largest absolute Gasteiger partial charge is 0.478 e. The molecular formula is C14H10F3NO2S. The molecule has 0 atom stereocenters. The molecule has 1 aromatic heterocycles. The molecule has 7 heteroatoms. The first kappa shape index (κ1) is 15.4. The average molecular weight is 313 g/mol. The number of aromatic nitrogens is 1. The van der Waals surface area contributed by atoms with Crippen molar-refractivity contribution in [2.75, 3.05) is 0 Å². The van der Waals surface area contributed by atoms with Gasteiger partial charge in [-0.1, -0.05) is 18.2 Å². The van der Waals surface area contributed by atoms with Gasteiger partial charge in [-0.15, -0.1) is 11.8 Å². The molecule has 1 N–H and O–H groups in total. The van der Waals surface area contributed by atoms with E-state index in [4.69, 9.17) is 5.11 Å². The van der Waals surface area contributed by atoms with Crippen molar-refractivity contribution >= 4 is 17.7 Å². The summed E-state index contributed by atoms with van der Waals surface area (Å²) in [7, 11) is 0. The molecule has 0 saturated heterocycles. The number of halogens is 3. The number of nitrogens with zero attached hydrogens (tertiary/aromatic N) is 1. The van der Waals surface area contributed by atoms with E-state index in [9.17, 15) is 18.0 Å². The Labute approximate surface area is 122 Å². The highest BCUT2D eigenvalue weighted by molar-refractivity contribution is 7.98. The summed E-state index contributed by atoms with van der Waals surface area (Å²) in [4.78, 5) is 14.8. The third kappa shape index (κ3) is 3.98. The fourth-order valence-corrected chi connectivity index (χ4v) is 2.49. The Morgan fingerprint density at radius 3 is 2.48 bits per heavy atom. The quantitative estimate of drug-likeness (QED) is 0.864. The smallest absolute Gasteiger partial charge is 0.417 e. The lowest BCUT2D eigenvalue weighted by Gasteiger charge is -2.07. The Bertz CT molecular complexity index is 641. The van der Waals surface area contributed by atoms with E-state index in [2.05, 4.69) is 4.98 Å². The zero-order valence-corrected chi connectivity index (χ0v) is 11.4. The van der Waals surface area contributed by atoms with Crippen LogP contribution in [0.4, 0.5) is 13.2 Å². The van der Waals surface area contributed by atoms with Crippen molar-refractivity contribution in [2.45, 2.75) is 17.0 Å². The van der Waals surface area contributed by atoms with Crippen LogP contribution in [0.25, 0.3) is 0 Å². The molecule has 0 aliphatic rings. The van der Waals surface area contributed by atoms with Crippen molar-refractivity contribution in [3.63, 3.8) is 0 Å². The van der Waals surface area contributed by atoms with Crippen molar-refractivity contribution in [1.82, 2.24) is 4.98 Å². The first-order valence-electron chi connectivity index (χ1n) is 5.85. The van der Waals surface area contributed by atoms with Gasteiger partial charge in [0.05, 0.1) is 16.2 Å². The van der Waals surface area contributed by atoms with E-state index < -0.39 is 17.7 Å². The lowest BCUT2D eigenvalue weighted by molar-refractivity contribution is -0.137. The van der Waals surface area contributed by atoms with Gasteiger partial charge in [-0.25, -0.2) is 9.78 Å². The number of hydrogen-bond acceptors (Lipinski definition) is 3. The van der Waals surface area contributed by atoms with Crippen LogP contribution in [-0.2, 0) is 11.9 Å². The predicted molar refractivity (Wildman–Crippen MR) is 72.2 cm³/mol. The predicted octanol–water partition coefficient (Wildman–Crippen LogP) is 4.09. The van der Waals surface area contributed by atoms with Crippen LogP contribution >= 0.6 is 11.8 Å². The van der Waals surface area contributed by atoms with E-state index in [0.717, 1.165) is 12.3 Å². The molecule has 0 amide bonds. The summed E-state index contributed by atoms with van der Waals surface area (Å²) in [5, 5.41) is 9.44. The molecule has 2 aromatic rings. The van der Waals surface area contributed by atoms with Crippen LogP contribution in [0.5, 0.6) is 0 Å². The third-order valence-electron chi connectivity index (χ3n) is 2.69. The summed E-state index contributed by atoms with van der Waals surface area (Å²) in [5.41, 5.74) is -0.0357. The summed E-state index contributed by atoms with van der Waals surface area (Å²) in [6.45, 7) is 0. The second kappa shape index (κ2) is 6.17. The molecule has 0 aliphatic heterocycles. The minimum absolute atomic E-state index is 0.178. The van der Waals surface area contributed by atoms with Crippen molar-refractivity contribution in [2.24, 2.45) is 0 Å². The Balaban J connectivity index is 2.09. The SMILES string of the molecule is O=C(O)c1ccccc1CSc1ccc(C(F)(F)F)cn1. The summed E-state index contributed by atoms with van der Waals surface area (Å²) >= 11 is 1.18. The van der Waals surface area contributed by atoms with Crippen LogP contribution in [-0.4, -0.2) is 16.1 Å². The topological polar surface area (TPSA) is 50.2 Å². The van der Waals surface area contributed by atoms with Gasteiger partial charge in [-0.2, -0.15) is 13.2 Å². The highest BCUT2D eigenvalue weighted by Gasteiger charge is 2.30. The molecule has 2 rings (SSSR count). The van der Waals surface area contributed by atoms with Crippen LogP contribution in [0.2, 0.25) is 0 Å². The lowest BCUT2D eigenvalue weighted by Crippen LogP contribution is -2.05. The summed E-state index contributed by atoms with van der Waals surface area (Å²) in [6.07, 6.45) is -3.64. The molecule has 0 fully saturated rings. The third-order valence-corrected chi connectivity index (χ3v) is 3.68. The summed E-state index contributed by atoms with van der Waals surface area (Å²) < 4.78 is 37.2. The molecule has 110 valence electrons. The number of hydrogen-bond donors (Lipinski definition) is 1. The molecule has 0 saturated carbocycles. The molecule has 1 heterocycles. The van der Waals surface area contributed by atoms with E-state index in [1.54, 1.807) is 18.2 Å². The van der Waals surface area contributed by atoms with Gasteiger partial charge in [0.1, 0.15) is 0 Å². The molecule has 0 unspecified atom stereocenters. The number of aromatic carboxylic acids is 1. The van der Waals surface area contributed by atoms with Gasteiger partial charge in [0.2, 0.25) is 0 Å². The maximum atomic E-state index is 12.4. The monoisotopic (exact) mass is 313 g/mol. The number of thioether (sulfide) groups is 1. The molecule has 21 heavy (non-hydrogen) atoms. The zero-order chi connectivity index (χ0) is 15.5. The second-order valence-corrected chi connectivity index (χ2v) is 5.13. The minimum Gasteiger partial charge on any atom is -0.478 e. The normalized spacial score (nSPS) is 11.4. The molecule has 3 nitrogen and oxygen atoms in total. The number of carboxylic acids is 1. The van der Waals surface area contributed by atoms with E-state index in [1.807, 2.05) is 0 Å². The van der Waals surface area contributed by atoms with Crippen molar-refractivity contribution in [1.29, 1.82) is 0 Å². The van der Waals surface area contributed by atoms with E-state index >= 15 is 0 Å². The van der Waals surface area contributed by atoms with Gasteiger partial charge in [-0.05, 0) is 23.8 Å². The summed E-state index contributed by atoms with van der Waals surface area (Å²) in [5.74, 6) is -0.715. The van der Waals surface area contributed by atoms with Crippen LogP contribution < -0.4 is 0 Å². The Morgan fingerprint density at radius 1 is 1.19 bits per heavy atom. The van der Waals surface area contributed by atoms with Crippen molar-refractivity contribution in [3.8, 4) is 0 Å². The fraction of sp³-hybridized carbons (Fsp3) is 0.143. The van der Waals surface area contributed by atoms with Gasteiger partial charge in [-0.3, -0.25) is 0 Å². The maximum Gasteiger partial charge on any atom is 0.417 e. The molecule has 0 radical (unpaired) electrons. The lowest BCUT2D eigenvalue weighted by atomic mass is 10.1. The van der Waals surface area contributed by atoms with E-state index in [-0.39, 0.29) is 5.56 Å². The molecule has 0 bridgehead atoms. The second-order valence-electron chi connectivity index (χ2n) is 4.13. The van der Waals surface area contributed by atoms with Crippen molar-refractivity contribution < 1.29 is 23.1 Å². The van der Waals surface area contributed by atoms with Crippen LogP contribution in [0.1, 0.15) is 21.5 Å². The first-order valence-corrected chi connectivity index (χ1v) is 6.84. The van der Waals surface area contributed by atoms with Gasteiger partial charge in [0.25, 0.3) is 0 Å². The van der Waals surface area contributed by atoms with E-state index in [1.165, 1.54) is 23.9 Å². The standard InChI is InChI=1S/C14H10F3NO2S/c15-14(16,17)10-5-6-12(18-7-10)21-8-9-3-1-2-4-11(9)13(19)20/h1-7H,8H2,(H,19,20). The maximum absolute atomic E-state index is 12.4. The van der Waals surface area contributed by atoms with Crippen LogP contribution in [0.3, 0.4) is 0 Å². The van der Waals surface area contributed by atoms with Gasteiger partial charge in [0.15, 0.2) is 0 Å². The average Bonchev–Trinajstić information content (AvgIpc) is 2.45. The molecular weight excluding hydrogens is 303 g/mol. The number of carboxylic acid groups (broad SMARTS) is 1. The molecule has 0 spiro atoms. The molecule has 0 aliphatic carbocycles. The fourth-order valence-electron chi connectivity index (χ4n) is 1.64. The van der Waals surface area contributed by atoms with Gasteiger partial charge < -0.3 is 5.11 Å². The van der Waals surface area contributed by atoms with Gasteiger partial charge >= 0.3 is 12.1 Å². The Hall–Kier alpha value is -2.02. The number of rotatable bonds is 4. The highest BCUT2D eigenvalue weighted by Crippen LogP contribution is 2.30. The first-order chi connectivity index (χ1) is 9.88. The highest BCUT2D eigenvalue weighted by atomic mass is 32.2. The Morgan fingerprint density at radius 2 is 1.90 bits per heavy atom. The Kier molecular flexibility index (Phi) is 4.52. The van der Waals surface area contributed by atoms with Crippen LogP contribution in [0.15, 0.2) is 47.6 Å². The van der Waals surface area contributed by atoms with Crippen molar-refractivity contribution in [3.05, 3.63) is 59.3 Å². The zero-order valence-electron chi connectivity index (χ0n) is 10.6. The van der Waals surface area contributed by atoms with E-state index in [0.29, 0.717) is 16.3 Å². The number of benzene rings is 1. The summed E-state index contributed by atoms with van der Waals surface area (Å²) in [6, 6.07) is 8.71. The molecule has 1 aromatic carbocycles. The van der Waals surface area contributed by atoms with Gasteiger partial charge in [0, 0.05) is 11.9 Å². The minimum atomic E-state index is -4.41. The number of alkyl halides is 3. The van der Waals surface area contributed by atoms with Crippen LogP contribution in [0, 0.1) is 0 Å². The number of carbonyl (C=O) groups is 1.